The molecule has 0 aliphatic carbocycles. The van der Waals surface area contributed by atoms with E-state index in [0.717, 1.165) is 6.42 Å². The number of aromatic amines is 1. The average molecular weight is 380 g/mol. The summed E-state index contributed by atoms with van der Waals surface area (Å²) < 4.78 is 14.6. The number of hydrazone groups is 1. The van der Waals surface area contributed by atoms with Crippen molar-refractivity contribution in [1.82, 2.24) is 15.2 Å². The molecule has 3 aromatic rings. The van der Waals surface area contributed by atoms with Crippen molar-refractivity contribution in [2.45, 2.75) is 26.7 Å². The van der Waals surface area contributed by atoms with Crippen LogP contribution in [0.25, 0.3) is 5.69 Å². The smallest absolute Gasteiger partial charge is 0.280 e. The number of carbonyl (C=O) groups excluding carboxylic acids is 1. The lowest BCUT2D eigenvalue weighted by Crippen LogP contribution is -2.23. The molecule has 1 aromatic heterocycles. The number of benzene rings is 2. The van der Waals surface area contributed by atoms with E-state index in [9.17, 15) is 14.0 Å². The van der Waals surface area contributed by atoms with Crippen LogP contribution in [-0.2, 0) is 6.42 Å². The molecule has 0 bridgehead atoms. The molecule has 0 spiro atoms. The summed E-state index contributed by atoms with van der Waals surface area (Å²) in [4.78, 5) is 25.1. The molecule has 3 rings (SSSR count). The fourth-order valence-electron chi connectivity index (χ4n) is 2.90. The molecule has 2 aromatic carbocycles. The molecule has 0 saturated carbocycles. The van der Waals surface area contributed by atoms with Crippen molar-refractivity contribution in [3.8, 4) is 5.69 Å². The lowest BCUT2D eigenvalue weighted by Gasteiger charge is -2.02. The van der Waals surface area contributed by atoms with E-state index in [1.165, 1.54) is 28.9 Å². The van der Waals surface area contributed by atoms with E-state index in [0.29, 0.717) is 34.6 Å². The maximum Gasteiger partial charge on any atom is 0.280 e. The average Bonchev–Trinajstić information content (AvgIpc) is 3.03. The van der Waals surface area contributed by atoms with Gasteiger partial charge in [0.1, 0.15) is 5.82 Å². The SMILES string of the molecule is CCCc1[nH]n(-c2ccc(F)cc2)c(=O)c1C(C)=NNC(=O)c1ccccc1. The van der Waals surface area contributed by atoms with Gasteiger partial charge in [0.05, 0.1) is 17.0 Å². The fraction of sp³-hybridized carbons (Fsp3) is 0.190. The van der Waals surface area contributed by atoms with Crippen molar-refractivity contribution < 1.29 is 9.18 Å². The van der Waals surface area contributed by atoms with Crippen LogP contribution in [0.4, 0.5) is 4.39 Å². The highest BCUT2D eigenvalue weighted by atomic mass is 19.1. The Kier molecular flexibility index (Phi) is 5.84. The van der Waals surface area contributed by atoms with Gasteiger partial charge < -0.3 is 0 Å². The van der Waals surface area contributed by atoms with Gasteiger partial charge in [-0.3, -0.25) is 14.7 Å². The molecule has 2 N–H and O–H groups in total. The first-order chi connectivity index (χ1) is 13.5. The van der Waals surface area contributed by atoms with Gasteiger partial charge in [0, 0.05) is 11.3 Å². The van der Waals surface area contributed by atoms with Crippen LogP contribution in [0, 0.1) is 5.82 Å². The normalized spacial score (nSPS) is 11.5. The van der Waals surface area contributed by atoms with Gasteiger partial charge in [0.15, 0.2) is 0 Å². The zero-order valence-electron chi connectivity index (χ0n) is 15.7. The first kappa shape index (κ1) is 19.3. The Morgan fingerprint density at radius 1 is 1.14 bits per heavy atom. The van der Waals surface area contributed by atoms with Crippen molar-refractivity contribution in [3.63, 3.8) is 0 Å². The molecule has 0 aliphatic rings. The van der Waals surface area contributed by atoms with Crippen LogP contribution in [0.5, 0.6) is 0 Å². The Labute approximate surface area is 161 Å². The molecule has 0 saturated heterocycles. The number of amides is 1. The van der Waals surface area contributed by atoms with Gasteiger partial charge in [-0.05, 0) is 49.7 Å². The summed E-state index contributed by atoms with van der Waals surface area (Å²) >= 11 is 0. The van der Waals surface area contributed by atoms with Crippen LogP contribution >= 0.6 is 0 Å². The number of carbonyl (C=O) groups is 1. The molecule has 1 amide bonds. The van der Waals surface area contributed by atoms with Crippen molar-refractivity contribution in [1.29, 1.82) is 0 Å². The topological polar surface area (TPSA) is 79.2 Å². The number of aromatic nitrogens is 2. The fourth-order valence-corrected chi connectivity index (χ4v) is 2.90. The number of halogens is 1. The Bertz CT molecular complexity index is 1050. The summed E-state index contributed by atoms with van der Waals surface area (Å²) in [7, 11) is 0. The molecule has 0 atom stereocenters. The van der Waals surface area contributed by atoms with E-state index < -0.39 is 0 Å². The number of H-pyrrole nitrogens is 1. The van der Waals surface area contributed by atoms with Crippen LogP contribution in [-0.4, -0.2) is 21.4 Å². The number of hydrogen-bond acceptors (Lipinski definition) is 3. The Morgan fingerprint density at radius 3 is 2.46 bits per heavy atom. The lowest BCUT2D eigenvalue weighted by atomic mass is 10.1. The monoisotopic (exact) mass is 380 g/mol. The second-order valence-corrected chi connectivity index (χ2v) is 6.34. The standard InChI is InChI=1S/C21H21FN4O2/c1-3-7-18-19(14(2)23-24-20(27)15-8-5-4-6-9-15)21(28)26(25-18)17-12-10-16(22)11-13-17/h4-6,8-13,25H,3,7H2,1-2H3,(H,24,27). The highest BCUT2D eigenvalue weighted by Gasteiger charge is 2.18. The highest BCUT2D eigenvalue weighted by molar-refractivity contribution is 6.01. The molecular weight excluding hydrogens is 359 g/mol. The quantitative estimate of drug-likeness (QED) is 0.508. The number of aryl methyl sites for hydroxylation is 1. The van der Waals surface area contributed by atoms with E-state index in [1.54, 1.807) is 31.2 Å². The van der Waals surface area contributed by atoms with E-state index in [1.807, 2.05) is 13.0 Å². The summed E-state index contributed by atoms with van der Waals surface area (Å²) in [6, 6.07) is 14.3. The van der Waals surface area contributed by atoms with Gasteiger partial charge in [-0.25, -0.2) is 14.5 Å². The largest absolute Gasteiger partial charge is 0.294 e. The first-order valence-electron chi connectivity index (χ1n) is 9.01. The predicted octanol–water partition coefficient (Wildman–Crippen LogP) is 3.41. The molecular formula is C21H21FN4O2. The van der Waals surface area contributed by atoms with Gasteiger partial charge >= 0.3 is 0 Å². The second-order valence-electron chi connectivity index (χ2n) is 6.34. The van der Waals surface area contributed by atoms with E-state index >= 15 is 0 Å². The zero-order chi connectivity index (χ0) is 20.1. The van der Waals surface area contributed by atoms with Crippen LogP contribution in [0.2, 0.25) is 0 Å². The van der Waals surface area contributed by atoms with Gasteiger partial charge in [0.25, 0.3) is 11.5 Å². The maximum absolute atomic E-state index is 13.2. The summed E-state index contributed by atoms with van der Waals surface area (Å²) in [5.74, 6) is -0.731. The molecule has 0 unspecified atom stereocenters. The third-order valence-corrected chi connectivity index (χ3v) is 4.27. The van der Waals surface area contributed by atoms with Crippen LogP contribution < -0.4 is 11.0 Å². The molecule has 1 heterocycles. The Hall–Kier alpha value is -3.48. The van der Waals surface area contributed by atoms with Crippen LogP contribution in [0.15, 0.2) is 64.5 Å². The Balaban J connectivity index is 1.94. The Morgan fingerprint density at radius 2 is 1.82 bits per heavy atom. The zero-order valence-corrected chi connectivity index (χ0v) is 15.7. The summed E-state index contributed by atoms with van der Waals surface area (Å²) in [6.07, 6.45) is 1.46. The number of hydrogen-bond donors (Lipinski definition) is 2. The summed E-state index contributed by atoms with van der Waals surface area (Å²) in [5, 5.41) is 7.19. The lowest BCUT2D eigenvalue weighted by molar-refractivity contribution is 0.0955. The van der Waals surface area contributed by atoms with Crippen LogP contribution in [0.3, 0.4) is 0 Å². The van der Waals surface area contributed by atoms with Gasteiger partial charge in [-0.2, -0.15) is 5.10 Å². The van der Waals surface area contributed by atoms with Gasteiger partial charge in [-0.15, -0.1) is 0 Å². The highest BCUT2D eigenvalue weighted by Crippen LogP contribution is 2.12. The van der Waals surface area contributed by atoms with E-state index in [-0.39, 0.29) is 17.3 Å². The van der Waals surface area contributed by atoms with Gasteiger partial charge in [-0.1, -0.05) is 31.5 Å². The predicted molar refractivity (Wildman–Crippen MR) is 106 cm³/mol. The van der Waals surface area contributed by atoms with Crippen molar-refractivity contribution in [2.75, 3.05) is 0 Å². The maximum atomic E-state index is 13.2. The second kappa shape index (κ2) is 8.47. The molecule has 144 valence electrons. The van der Waals surface area contributed by atoms with E-state index in [4.69, 9.17) is 0 Å². The minimum absolute atomic E-state index is 0.301. The number of nitrogens with zero attached hydrogens (tertiary/aromatic N) is 2. The molecule has 7 heteroatoms. The summed E-state index contributed by atoms with van der Waals surface area (Å²) in [6.45, 7) is 3.67. The molecule has 0 fully saturated rings. The van der Waals surface area contributed by atoms with Gasteiger partial charge in [0.2, 0.25) is 0 Å². The van der Waals surface area contributed by atoms with Crippen molar-refractivity contribution in [2.24, 2.45) is 5.10 Å². The van der Waals surface area contributed by atoms with Crippen molar-refractivity contribution in [3.05, 3.63) is 87.6 Å². The molecule has 0 radical (unpaired) electrons. The number of nitrogens with one attached hydrogen (secondary N) is 2. The van der Waals surface area contributed by atoms with E-state index in [2.05, 4.69) is 15.6 Å². The molecule has 28 heavy (non-hydrogen) atoms. The molecule has 6 nitrogen and oxygen atoms in total. The minimum Gasteiger partial charge on any atom is -0.294 e. The summed E-state index contributed by atoms with van der Waals surface area (Å²) in [5.41, 5.74) is 4.70. The van der Waals surface area contributed by atoms with Crippen LogP contribution in [0.1, 0.15) is 41.9 Å². The van der Waals surface area contributed by atoms with Crippen molar-refractivity contribution >= 4 is 11.6 Å². The number of rotatable bonds is 6. The third-order valence-electron chi connectivity index (χ3n) is 4.27. The minimum atomic E-state index is -0.376. The first-order valence-corrected chi connectivity index (χ1v) is 9.01. The molecule has 0 aliphatic heterocycles. The third kappa shape index (κ3) is 4.09.